The largest absolute Gasteiger partial charge is 0.513 e. The Morgan fingerprint density at radius 2 is 2.16 bits per heavy atom. The third-order valence-corrected chi connectivity index (χ3v) is 4.79. The van der Waals surface area contributed by atoms with Crippen LogP contribution in [0.15, 0.2) is 35.6 Å². The van der Waals surface area contributed by atoms with Crippen LogP contribution in [-0.4, -0.2) is 30.3 Å². The van der Waals surface area contributed by atoms with Gasteiger partial charge in [0.05, 0.1) is 5.76 Å². The van der Waals surface area contributed by atoms with Gasteiger partial charge < -0.3 is 15.7 Å². The van der Waals surface area contributed by atoms with Crippen molar-refractivity contribution in [3.05, 3.63) is 35.6 Å². The molecule has 0 saturated carbocycles. The van der Waals surface area contributed by atoms with Gasteiger partial charge in [0, 0.05) is 24.5 Å². The lowest BCUT2D eigenvalue weighted by atomic mass is 9.78. The molecule has 19 heavy (non-hydrogen) atoms. The van der Waals surface area contributed by atoms with Crippen molar-refractivity contribution < 1.29 is 5.11 Å². The molecule has 4 atom stereocenters. The first-order chi connectivity index (χ1) is 9.26. The van der Waals surface area contributed by atoms with E-state index in [-0.39, 0.29) is 0 Å². The van der Waals surface area contributed by atoms with Crippen molar-refractivity contribution in [2.24, 2.45) is 5.92 Å². The fourth-order valence-corrected chi connectivity index (χ4v) is 3.55. The van der Waals surface area contributed by atoms with Crippen molar-refractivity contribution in [1.82, 2.24) is 10.6 Å². The third-order valence-electron chi connectivity index (χ3n) is 4.79. The predicted molar refractivity (Wildman–Crippen MR) is 78.1 cm³/mol. The lowest BCUT2D eigenvalue weighted by Crippen LogP contribution is -2.49. The molecule has 2 unspecified atom stereocenters. The van der Waals surface area contributed by atoms with Crippen LogP contribution in [0.5, 0.6) is 0 Å². The summed E-state index contributed by atoms with van der Waals surface area (Å²) in [6, 6.07) is 1.55. The zero-order valence-corrected chi connectivity index (χ0v) is 11.6. The van der Waals surface area contributed by atoms with Crippen molar-refractivity contribution in [1.29, 1.82) is 0 Å². The number of hydrogen-bond donors (Lipinski definition) is 3. The summed E-state index contributed by atoms with van der Waals surface area (Å²) in [5.41, 5.74) is 1.45. The molecule has 0 spiro atoms. The molecule has 3 aliphatic rings. The molecule has 2 aliphatic carbocycles. The molecule has 3 N–H and O–H groups in total. The predicted octanol–water partition coefficient (Wildman–Crippen LogP) is 2.43. The Morgan fingerprint density at radius 3 is 2.89 bits per heavy atom. The maximum absolute atomic E-state index is 9.62. The quantitative estimate of drug-likeness (QED) is 0.714. The molecule has 0 radical (unpaired) electrons. The smallest absolute Gasteiger partial charge is 0.0886 e. The second-order valence-corrected chi connectivity index (χ2v) is 5.99. The standard InChI is InChI=1S/C16H24N2O/c1-17-13-5-2-11(3-6-13)15-8-4-12-10-14(19)7-9-16(12)18-15/h2-3,5,7,12-13,15-19H,4,6,8-10H2,1H3/t12-,13-,15?,16?/m1/s1. The van der Waals surface area contributed by atoms with E-state index in [1.54, 1.807) is 0 Å². The van der Waals surface area contributed by atoms with Crippen molar-refractivity contribution in [3.8, 4) is 0 Å². The van der Waals surface area contributed by atoms with Crippen LogP contribution in [0.1, 0.15) is 32.1 Å². The summed E-state index contributed by atoms with van der Waals surface area (Å²) in [4.78, 5) is 0. The van der Waals surface area contributed by atoms with E-state index in [1.165, 1.54) is 18.4 Å². The average molecular weight is 260 g/mol. The van der Waals surface area contributed by atoms with Gasteiger partial charge in [-0.25, -0.2) is 0 Å². The maximum Gasteiger partial charge on any atom is 0.0886 e. The number of allylic oxidation sites excluding steroid dienone is 1. The van der Waals surface area contributed by atoms with Gasteiger partial charge in [0.2, 0.25) is 0 Å². The van der Waals surface area contributed by atoms with Gasteiger partial charge in [-0.15, -0.1) is 0 Å². The summed E-state index contributed by atoms with van der Waals surface area (Å²) in [6.45, 7) is 0. The van der Waals surface area contributed by atoms with Crippen LogP contribution in [0.3, 0.4) is 0 Å². The van der Waals surface area contributed by atoms with Gasteiger partial charge in [-0.2, -0.15) is 0 Å². The molecular weight excluding hydrogens is 236 g/mol. The minimum Gasteiger partial charge on any atom is -0.513 e. The van der Waals surface area contributed by atoms with Crippen molar-refractivity contribution in [3.63, 3.8) is 0 Å². The molecule has 0 amide bonds. The molecule has 1 saturated heterocycles. The van der Waals surface area contributed by atoms with E-state index in [4.69, 9.17) is 0 Å². The van der Waals surface area contributed by atoms with Gasteiger partial charge in [0.25, 0.3) is 0 Å². The highest BCUT2D eigenvalue weighted by atomic mass is 16.3. The van der Waals surface area contributed by atoms with E-state index >= 15 is 0 Å². The number of aliphatic hydroxyl groups is 1. The zero-order chi connectivity index (χ0) is 13.2. The summed E-state index contributed by atoms with van der Waals surface area (Å²) < 4.78 is 0. The van der Waals surface area contributed by atoms with Crippen LogP contribution in [-0.2, 0) is 0 Å². The van der Waals surface area contributed by atoms with Crippen LogP contribution in [0.25, 0.3) is 0 Å². The van der Waals surface area contributed by atoms with E-state index < -0.39 is 0 Å². The second-order valence-electron chi connectivity index (χ2n) is 5.99. The first-order valence-corrected chi connectivity index (χ1v) is 7.46. The number of nitrogens with one attached hydrogen (secondary N) is 2. The van der Waals surface area contributed by atoms with Gasteiger partial charge in [-0.3, -0.25) is 0 Å². The lowest BCUT2D eigenvalue weighted by Gasteiger charge is -2.40. The average Bonchev–Trinajstić information content (AvgIpc) is 2.47. The third kappa shape index (κ3) is 2.77. The minimum atomic E-state index is 0.495. The Hall–Kier alpha value is -1.06. The van der Waals surface area contributed by atoms with Crippen LogP contribution in [0.4, 0.5) is 0 Å². The molecule has 0 aromatic carbocycles. The second kappa shape index (κ2) is 5.51. The Bertz CT molecular complexity index is 424. The van der Waals surface area contributed by atoms with Gasteiger partial charge in [-0.1, -0.05) is 18.2 Å². The van der Waals surface area contributed by atoms with Crippen molar-refractivity contribution in [2.45, 2.75) is 50.2 Å². The maximum atomic E-state index is 9.62. The van der Waals surface area contributed by atoms with Crippen LogP contribution >= 0.6 is 0 Å². The molecule has 1 aliphatic heterocycles. The molecule has 3 nitrogen and oxygen atoms in total. The summed E-state index contributed by atoms with van der Waals surface area (Å²) in [7, 11) is 2.01. The molecule has 0 aromatic rings. The Kier molecular flexibility index (Phi) is 3.76. The normalized spacial score (nSPS) is 38.4. The summed E-state index contributed by atoms with van der Waals surface area (Å²) in [6.07, 6.45) is 14.2. The molecule has 0 aromatic heterocycles. The fourth-order valence-electron chi connectivity index (χ4n) is 3.55. The van der Waals surface area contributed by atoms with E-state index in [1.807, 2.05) is 13.1 Å². The van der Waals surface area contributed by atoms with Crippen LogP contribution in [0, 0.1) is 5.92 Å². The number of fused-ring (bicyclic) bond motifs is 1. The van der Waals surface area contributed by atoms with E-state index in [2.05, 4.69) is 28.9 Å². The molecular formula is C16H24N2O. The number of piperidine rings is 1. The Morgan fingerprint density at radius 1 is 1.26 bits per heavy atom. The van der Waals surface area contributed by atoms with Crippen LogP contribution < -0.4 is 10.6 Å². The number of likely N-dealkylation sites (N-methyl/N-ethyl adjacent to an activating group) is 1. The molecule has 3 heteroatoms. The molecule has 104 valence electrons. The number of aliphatic hydroxyl groups excluding tert-OH is 1. The first kappa shape index (κ1) is 12.9. The molecule has 0 bridgehead atoms. The van der Waals surface area contributed by atoms with E-state index in [0.717, 1.165) is 19.3 Å². The minimum absolute atomic E-state index is 0.495. The SMILES string of the molecule is CN[C@@H]1C=CC(C2CC[C@@H]3CC(O)=CCC3N2)=CC1. The highest BCUT2D eigenvalue weighted by Gasteiger charge is 2.33. The van der Waals surface area contributed by atoms with Crippen molar-refractivity contribution >= 4 is 0 Å². The van der Waals surface area contributed by atoms with Gasteiger partial charge >= 0.3 is 0 Å². The van der Waals surface area contributed by atoms with E-state index in [9.17, 15) is 5.11 Å². The highest BCUT2D eigenvalue weighted by molar-refractivity contribution is 5.31. The molecule has 1 fully saturated rings. The Balaban J connectivity index is 1.63. The topological polar surface area (TPSA) is 44.3 Å². The summed E-state index contributed by atoms with van der Waals surface area (Å²) in [5.74, 6) is 1.22. The van der Waals surface area contributed by atoms with Gasteiger partial charge in [0.15, 0.2) is 0 Å². The summed E-state index contributed by atoms with van der Waals surface area (Å²) in [5, 5.41) is 16.7. The fraction of sp³-hybridized carbons (Fsp3) is 0.625. The number of rotatable bonds is 2. The highest BCUT2D eigenvalue weighted by Crippen LogP contribution is 2.33. The number of hydrogen-bond acceptors (Lipinski definition) is 3. The van der Waals surface area contributed by atoms with Crippen molar-refractivity contribution in [2.75, 3.05) is 7.05 Å². The molecule has 3 rings (SSSR count). The van der Waals surface area contributed by atoms with Gasteiger partial charge in [0.1, 0.15) is 0 Å². The monoisotopic (exact) mass is 260 g/mol. The van der Waals surface area contributed by atoms with E-state index in [0.29, 0.717) is 29.8 Å². The van der Waals surface area contributed by atoms with Crippen LogP contribution in [0.2, 0.25) is 0 Å². The molecule has 1 heterocycles. The summed E-state index contributed by atoms with van der Waals surface area (Å²) >= 11 is 0. The zero-order valence-electron chi connectivity index (χ0n) is 11.6. The first-order valence-electron chi connectivity index (χ1n) is 7.46. The van der Waals surface area contributed by atoms with Gasteiger partial charge in [-0.05, 0) is 50.3 Å². The lowest BCUT2D eigenvalue weighted by molar-refractivity contribution is 0.206. The Labute approximate surface area is 115 Å².